The Labute approximate surface area is 126 Å². The Morgan fingerprint density at radius 1 is 1.29 bits per heavy atom. The monoisotopic (exact) mass is 300 g/mol. The quantitative estimate of drug-likeness (QED) is 0.805. The van der Waals surface area contributed by atoms with Crippen LogP contribution in [0.25, 0.3) is 4.96 Å². The van der Waals surface area contributed by atoms with Crippen molar-refractivity contribution in [1.82, 2.24) is 14.6 Å². The molecule has 0 aliphatic rings. The van der Waals surface area contributed by atoms with E-state index in [1.807, 2.05) is 18.2 Å². The number of fused-ring (bicyclic) bond motifs is 1. The first-order chi connectivity index (χ1) is 10.2. The number of aromatic nitrogens is 3. The van der Waals surface area contributed by atoms with Crippen LogP contribution in [0.15, 0.2) is 29.9 Å². The van der Waals surface area contributed by atoms with Gasteiger partial charge in [0.05, 0.1) is 6.20 Å². The summed E-state index contributed by atoms with van der Waals surface area (Å²) in [4.78, 5) is 17.4. The van der Waals surface area contributed by atoms with Gasteiger partial charge in [0.1, 0.15) is 11.2 Å². The molecule has 1 N–H and O–H groups in total. The topological polar surface area (TPSA) is 59.3 Å². The number of hydrogen-bond acceptors (Lipinski definition) is 4. The minimum atomic E-state index is -0.191. The number of amides is 1. The second-order valence-electron chi connectivity index (χ2n) is 4.70. The molecule has 6 heteroatoms. The molecule has 108 valence electrons. The summed E-state index contributed by atoms with van der Waals surface area (Å²) in [6.45, 7) is 4.17. The summed E-state index contributed by atoms with van der Waals surface area (Å²) in [6.07, 6.45) is 3.41. The molecule has 21 heavy (non-hydrogen) atoms. The largest absolute Gasteiger partial charge is 0.320 e. The number of carbonyl (C=O) groups excluding carboxylic acids is 1. The first-order valence-corrected chi connectivity index (χ1v) is 7.81. The molecular weight excluding hydrogens is 284 g/mol. The number of aryl methyl sites for hydroxylation is 2. The van der Waals surface area contributed by atoms with Crippen molar-refractivity contribution in [2.24, 2.45) is 0 Å². The molecule has 3 rings (SSSR count). The lowest BCUT2D eigenvalue weighted by atomic mass is 10.0. The highest BCUT2D eigenvalue weighted by atomic mass is 32.1. The molecule has 0 unspecified atom stereocenters. The van der Waals surface area contributed by atoms with Crippen molar-refractivity contribution in [2.45, 2.75) is 26.7 Å². The second-order valence-corrected chi connectivity index (χ2v) is 5.52. The van der Waals surface area contributed by atoms with Crippen LogP contribution in [0.1, 0.15) is 35.5 Å². The molecule has 1 amide bonds. The van der Waals surface area contributed by atoms with E-state index in [9.17, 15) is 4.79 Å². The molecule has 0 radical (unpaired) electrons. The van der Waals surface area contributed by atoms with E-state index >= 15 is 0 Å². The van der Waals surface area contributed by atoms with Crippen LogP contribution < -0.4 is 5.32 Å². The molecule has 2 aromatic heterocycles. The molecule has 0 aliphatic heterocycles. The van der Waals surface area contributed by atoms with Crippen LogP contribution in [0.5, 0.6) is 0 Å². The number of hydrogen-bond donors (Lipinski definition) is 1. The van der Waals surface area contributed by atoms with Gasteiger partial charge in [0, 0.05) is 5.69 Å². The van der Waals surface area contributed by atoms with Gasteiger partial charge < -0.3 is 5.32 Å². The third-order valence-electron chi connectivity index (χ3n) is 3.46. The van der Waals surface area contributed by atoms with Crippen LogP contribution in [0.3, 0.4) is 0 Å². The molecule has 0 saturated heterocycles. The minimum absolute atomic E-state index is 0.191. The zero-order valence-corrected chi connectivity index (χ0v) is 12.8. The molecule has 0 spiro atoms. The minimum Gasteiger partial charge on any atom is -0.320 e. The van der Waals surface area contributed by atoms with Crippen molar-refractivity contribution in [2.75, 3.05) is 5.32 Å². The summed E-state index contributed by atoms with van der Waals surface area (Å²) in [5.74, 6) is -0.191. The Bertz CT molecular complexity index is 739. The standard InChI is InChI=1S/C15H16N4OS/c1-3-10-6-5-7-11(4-2)13(10)18-14(20)12-8-19-15(17-12)21-9-16-19/h5-9H,3-4H2,1-2H3,(H,18,20). The molecule has 0 aliphatic carbocycles. The van der Waals surface area contributed by atoms with Gasteiger partial charge in [-0.25, -0.2) is 9.50 Å². The maximum atomic E-state index is 12.4. The highest BCUT2D eigenvalue weighted by molar-refractivity contribution is 7.14. The van der Waals surface area contributed by atoms with Crippen molar-refractivity contribution in [3.63, 3.8) is 0 Å². The van der Waals surface area contributed by atoms with Gasteiger partial charge in [-0.05, 0) is 24.0 Å². The third kappa shape index (κ3) is 2.54. The van der Waals surface area contributed by atoms with E-state index in [0.29, 0.717) is 5.69 Å². The summed E-state index contributed by atoms with van der Waals surface area (Å²) >= 11 is 1.41. The number of nitrogens with zero attached hydrogens (tertiary/aromatic N) is 3. The maximum Gasteiger partial charge on any atom is 0.276 e. The predicted molar refractivity (Wildman–Crippen MR) is 84.0 cm³/mol. The number of carbonyl (C=O) groups is 1. The fourth-order valence-corrected chi connectivity index (χ4v) is 2.93. The first kappa shape index (κ1) is 13.8. The Morgan fingerprint density at radius 2 is 2.00 bits per heavy atom. The van der Waals surface area contributed by atoms with E-state index in [2.05, 4.69) is 29.2 Å². The summed E-state index contributed by atoms with van der Waals surface area (Å²) in [7, 11) is 0. The average molecular weight is 300 g/mol. The molecule has 0 atom stereocenters. The molecule has 0 saturated carbocycles. The van der Waals surface area contributed by atoms with Crippen LogP contribution in [0.2, 0.25) is 0 Å². The van der Waals surface area contributed by atoms with Crippen molar-refractivity contribution in [3.05, 3.63) is 46.7 Å². The van der Waals surface area contributed by atoms with Crippen LogP contribution in [0.4, 0.5) is 5.69 Å². The van der Waals surface area contributed by atoms with Crippen LogP contribution in [-0.4, -0.2) is 20.5 Å². The predicted octanol–water partition coefficient (Wildman–Crippen LogP) is 3.17. The Morgan fingerprint density at radius 3 is 2.62 bits per heavy atom. The molecule has 5 nitrogen and oxygen atoms in total. The average Bonchev–Trinajstić information content (AvgIpc) is 3.08. The number of para-hydroxylation sites is 1. The summed E-state index contributed by atoms with van der Waals surface area (Å²) in [6, 6.07) is 6.12. The normalized spacial score (nSPS) is 11.0. The van der Waals surface area contributed by atoms with E-state index in [4.69, 9.17) is 0 Å². The number of rotatable bonds is 4. The van der Waals surface area contributed by atoms with E-state index in [-0.39, 0.29) is 5.91 Å². The molecule has 0 bridgehead atoms. The summed E-state index contributed by atoms with van der Waals surface area (Å²) in [5.41, 5.74) is 5.29. The molecule has 2 heterocycles. The lowest BCUT2D eigenvalue weighted by molar-refractivity contribution is 0.102. The van der Waals surface area contributed by atoms with Gasteiger partial charge in [0.15, 0.2) is 0 Å². The SMILES string of the molecule is CCc1cccc(CC)c1NC(=O)c1cn2ncsc2n1. The summed E-state index contributed by atoms with van der Waals surface area (Å²) in [5, 5.41) is 7.10. The van der Waals surface area contributed by atoms with Gasteiger partial charge in [-0.15, -0.1) is 0 Å². The van der Waals surface area contributed by atoms with Gasteiger partial charge in [-0.2, -0.15) is 5.10 Å². The third-order valence-corrected chi connectivity index (χ3v) is 4.15. The van der Waals surface area contributed by atoms with Gasteiger partial charge in [-0.1, -0.05) is 43.4 Å². The van der Waals surface area contributed by atoms with Crippen molar-refractivity contribution in [1.29, 1.82) is 0 Å². The van der Waals surface area contributed by atoms with Gasteiger partial charge in [-0.3, -0.25) is 4.79 Å². The van der Waals surface area contributed by atoms with Crippen molar-refractivity contribution in [3.8, 4) is 0 Å². The van der Waals surface area contributed by atoms with Gasteiger partial charge in [0.2, 0.25) is 4.96 Å². The lowest BCUT2D eigenvalue weighted by Gasteiger charge is -2.13. The highest BCUT2D eigenvalue weighted by Crippen LogP contribution is 2.23. The summed E-state index contributed by atoms with van der Waals surface area (Å²) < 4.78 is 1.62. The van der Waals surface area contributed by atoms with Crippen molar-refractivity contribution < 1.29 is 4.79 Å². The fourth-order valence-electron chi connectivity index (χ4n) is 2.33. The lowest BCUT2D eigenvalue weighted by Crippen LogP contribution is -2.15. The highest BCUT2D eigenvalue weighted by Gasteiger charge is 2.15. The maximum absolute atomic E-state index is 12.4. The molecule has 3 aromatic rings. The van der Waals surface area contributed by atoms with E-state index in [0.717, 1.165) is 34.6 Å². The first-order valence-electron chi connectivity index (χ1n) is 6.94. The Balaban J connectivity index is 1.92. The molecular formula is C15H16N4OS. The fraction of sp³-hybridized carbons (Fsp3) is 0.267. The smallest absolute Gasteiger partial charge is 0.276 e. The van der Waals surface area contributed by atoms with Crippen LogP contribution >= 0.6 is 11.3 Å². The zero-order chi connectivity index (χ0) is 14.8. The molecule has 1 aromatic carbocycles. The Kier molecular flexibility index (Phi) is 3.70. The molecule has 0 fully saturated rings. The Hall–Kier alpha value is -2.21. The van der Waals surface area contributed by atoms with Gasteiger partial charge >= 0.3 is 0 Å². The van der Waals surface area contributed by atoms with Crippen LogP contribution in [-0.2, 0) is 12.8 Å². The number of nitrogens with one attached hydrogen (secondary N) is 1. The zero-order valence-electron chi connectivity index (χ0n) is 12.0. The van der Waals surface area contributed by atoms with E-state index < -0.39 is 0 Å². The van der Waals surface area contributed by atoms with Crippen molar-refractivity contribution >= 4 is 27.9 Å². The van der Waals surface area contributed by atoms with E-state index in [1.54, 1.807) is 16.2 Å². The van der Waals surface area contributed by atoms with Gasteiger partial charge in [0.25, 0.3) is 5.91 Å². The number of imidazole rings is 1. The number of anilines is 1. The second kappa shape index (κ2) is 5.65. The number of benzene rings is 1. The van der Waals surface area contributed by atoms with Crippen LogP contribution in [0, 0.1) is 0 Å². The van der Waals surface area contributed by atoms with E-state index in [1.165, 1.54) is 11.3 Å².